The first-order valence-corrected chi connectivity index (χ1v) is 10.2. The van der Waals surface area contributed by atoms with E-state index in [0.29, 0.717) is 6.54 Å². The van der Waals surface area contributed by atoms with E-state index in [2.05, 4.69) is 20.4 Å². The van der Waals surface area contributed by atoms with Gasteiger partial charge < -0.3 is 10.6 Å². The Kier molecular flexibility index (Phi) is 7.38. The van der Waals surface area contributed by atoms with E-state index in [1.807, 2.05) is 67.6 Å². The van der Waals surface area contributed by atoms with Crippen LogP contribution < -0.4 is 10.6 Å². The molecule has 0 spiro atoms. The SMILES string of the molecule is CNC(=O)CN1CCN([C@H](C)C(=O)NC(c2ccccc2)c2ccccc2)CC1. The average Bonchev–Trinajstić information content (AvgIpc) is 2.78. The smallest absolute Gasteiger partial charge is 0.237 e. The molecule has 0 unspecified atom stereocenters. The van der Waals surface area contributed by atoms with Crippen LogP contribution in [0.15, 0.2) is 60.7 Å². The first kappa shape index (κ1) is 21.0. The van der Waals surface area contributed by atoms with Gasteiger partial charge in [-0.1, -0.05) is 60.7 Å². The van der Waals surface area contributed by atoms with Crippen LogP contribution >= 0.6 is 0 Å². The van der Waals surface area contributed by atoms with Gasteiger partial charge in [-0.05, 0) is 18.1 Å². The maximum Gasteiger partial charge on any atom is 0.237 e. The lowest BCUT2D eigenvalue weighted by Crippen LogP contribution is -2.55. The molecule has 6 nitrogen and oxygen atoms in total. The third kappa shape index (κ3) is 5.65. The summed E-state index contributed by atoms with van der Waals surface area (Å²) in [6.07, 6.45) is 0. The Balaban J connectivity index is 1.63. The van der Waals surface area contributed by atoms with Crippen molar-refractivity contribution in [3.63, 3.8) is 0 Å². The van der Waals surface area contributed by atoms with Crippen molar-refractivity contribution >= 4 is 11.8 Å². The molecule has 0 saturated carbocycles. The van der Waals surface area contributed by atoms with Crippen LogP contribution in [0.5, 0.6) is 0 Å². The van der Waals surface area contributed by atoms with Crippen LogP contribution in [0.25, 0.3) is 0 Å². The minimum atomic E-state index is -0.230. The Hall–Kier alpha value is -2.70. The summed E-state index contributed by atoms with van der Waals surface area (Å²) in [6.45, 7) is 5.48. The normalized spacial score (nSPS) is 16.4. The molecule has 154 valence electrons. The number of likely N-dealkylation sites (N-methyl/N-ethyl adjacent to an activating group) is 1. The van der Waals surface area contributed by atoms with Gasteiger partial charge in [-0.3, -0.25) is 19.4 Å². The minimum absolute atomic E-state index is 0.0162. The van der Waals surface area contributed by atoms with E-state index in [4.69, 9.17) is 0 Å². The molecule has 29 heavy (non-hydrogen) atoms. The summed E-state index contributed by atoms with van der Waals surface area (Å²) in [5.41, 5.74) is 2.13. The lowest BCUT2D eigenvalue weighted by molar-refractivity contribution is -0.128. The Labute approximate surface area is 172 Å². The summed E-state index contributed by atoms with van der Waals surface area (Å²) in [6, 6.07) is 19.7. The predicted molar refractivity (Wildman–Crippen MR) is 114 cm³/mol. The third-order valence-electron chi connectivity index (χ3n) is 5.53. The largest absolute Gasteiger partial charge is 0.358 e. The number of piperazine rings is 1. The Morgan fingerprint density at radius 3 is 1.90 bits per heavy atom. The van der Waals surface area contributed by atoms with Gasteiger partial charge in [0.1, 0.15) is 0 Å². The number of benzene rings is 2. The molecule has 0 aliphatic carbocycles. The second kappa shape index (κ2) is 10.2. The van der Waals surface area contributed by atoms with Gasteiger partial charge in [-0.2, -0.15) is 0 Å². The Morgan fingerprint density at radius 2 is 1.41 bits per heavy atom. The fraction of sp³-hybridized carbons (Fsp3) is 0.391. The first-order valence-electron chi connectivity index (χ1n) is 10.2. The lowest BCUT2D eigenvalue weighted by Gasteiger charge is -2.37. The van der Waals surface area contributed by atoms with Crippen molar-refractivity contribution < 1.29 is 9.59 Å². The fourth-order valence-electron chi connectivity index (χ4n) is 3.67. The van der Waals surface area contributed by atoms with Gasteiger partial charge in [0.2, 0.25) is 11.8 Å². The highest BCUT2D eigenvalue weighted by molar-refractivity contribution is 5.82. The van der Waals surface area contributed by atoms with Gasteiger partial charge in [0, 0.05) is 33.2 Å². The van der Waals surface area contributed by atoms with E-state index in [9.17, 15) is 9.59 Å². The van der Waals surface area contributed by atoms with Crippen LogP contribution in [-0.2, 0) is 9.59 Å². The zero-order chi connectivity index (χ0) is 20.6. The maximum atomic E-state index is 13.1. The van der Waals surface area contributed by atoms with Gasteiger partial charge in [0.25, 0.3) is 0 Å². The molecule has 0 radical (unpaired) electrons. The minimum Gasteiger partial charge on any atom is -0.358 e. The van der Waals surface area contributed by atoms with Crippen molar-refractivity contribution in [2.75, 3.05) is 39.8 Å². The molecule has 1 atom stereocenters. The highest BCUT2D eigenvalue weighted by Gasteiger charge is 2.28. The number of nitrogens with zero attached hydrogens (tertiary/aromatic N) is 2. The molecule has 1 saturated heterocycles. The van der Waals surface area contributed by atoms with Crippen LogP contribution in [0.1, 0.15) is 24.1 Å². The molecule has 0 aromatic heterocycles. The zero-order valence-corrected chi connectivity index (χ0v) is 17.2. The van der Waals surface area contributed by atoms with Crippen LogP contribution in [0.2, 0.25) is 0 Å². The third-order valence-corrected chi connectivity index (χ3v) is 5.53. The van der Waals surface area contributed by atoms with Crippen molar-refractivity contribution in [2.24, 2.45) is 0 Å². The van der Waals surface area contributed by atoms with Crippen LogP contribution in [0.4, 0.5) is 0 Å². The molecular formula is C23H30N4O2. The molecule has 3 rings (SSSR count). The van der Waals surface area contributed by atoms with E-state index < -0.39 is 0 Å². The number of carbonyl (C=O) groups is 2. The standard InChI is InChI=1S/C23H30N4O2/c1-18(27-15-13-26(14-16-27)17-21(28)24-2)23(29)25-22(19-9-5-3-6-10-19)20-11-7-4-8-12-20/h3-12,18,22H,13-17H2,1-2H3,(H,24,28)(H,25,29)/t18-/m1/s1. The number of rotatable bonds is 7. The monoisotopic (exact) mass is 394 g/mol. The van der Waals surface area contributed by atoms with Gasteiger partial charge in [-0.25, -0.2) is 0 Å². The quantitative estimate of drug-likeness (QED) is 0.750. The van der Waals surface area contributed by atoms with Crippen molar-refractivity contribution in [2.45, 2.75) is 19.0 Å². The summed E-state index contributed by atoms with van der Waals surface area (Å²) < 4.78 is 0. The highest BCUT2D eigenvalue weighted by Crippen LogP contribution is 2.22. The summed E-state index contributed by atoms with van der Waals surface area (Å²) >= 11 is 0. The molecule has 2 amide bonds. The number of amides is 2. The summed E-state index contributed by atoms with van der Waals surface area (Å²) in [4.78, 5) is 28.9. The van der Waals surface area contributed by atoms with Gasteiger partial charge in [0.15, 0.2) is 0 Å². The Bertz CT molecular complexity index is 750. The Morgan fingerprint density at radius 1 is 0.897 bits per heavy atom. The predicted octanol–water partition coefficient (Wildman–Crippen LogP) is 1.64. The van der Waals surface area contributed by atoms with Crippen LogP contribution in [0, 0.1) is 0 Å². The van der Waals surface area contributed by atoms with Gasteiger partial charge in [0.05, 0.1) is 18.6 Å². The summed E-state index contributed by atoms with van der Waals surface area (Å²) in [5, 5.41) is 5.90. The second-order valence-corrected chi connectivity index (χ2v) is 7.42. The van der Waals surface area contributed by atoms with Crippen molar-refractivity contribution in [3.05, 3.63) is 71.8 Å². The van der Waals surface area contributed by atoms with E-state index >= 15 is 0 Å². The van der Waals surface area contributed by atoms with E-state index in [0.717, 1.165) is 37.3 Å². The maximum absolute atomic E-state index is 13.1. The number of hydrogen-bond acceptors (Lipinski definition) is 4. The molecule has 6 heteroatoms. The first-order chi connectivity index (χ1) is 14.1. The topological polar surface area (TPSA) is 64.7 Å². The van der Waals surface area contributed by atoms with E-state index in [1.54, 1.807) is 7.05 Å². The van der Waals surface area contributed by atoms with Crippen LogP contribution in [-0.4, -0.2) is 67.4 Å². The van der Waals surface area contributed by atoms with E-state index in [1.165, 1.54) is 0 Å². The summed E-state index contributed by atoms with van der Waals surface area (Å²) in [7, 11) is 1.65. The molecule has 1 fully saturated rings. The van der Waals surface area contributed by atoms with Crippen molar-refractivity contribution in [1.82, 2.24) is 20.4 Å². The number of nitrogens with one attached hydrogen (secondary N) is 2. The van der Waals surface area contributed by atoms with Crippen molar-refractivity contribution in [3.8, 4) is 0 Å². The van der Waals surface area contributed by atoms with Gasteiger partial charge >= 0.3 is 0 Å². The molecule has 1 aliphatic rings. The fourth-order valence-corrected chi connectivity index (χ4v) is 3.67. The molecule has 0 bridgehead atoms. The van der Waals surface area contributed by atoms with Crippen LogP contribution in [0.3, 0.4) is 0 Å². The molecule has 1 heterocycles. The highest BCUT2D eigenvalue weighted by atomic mass is 16.2. The molecule has 2 N–H and O–H groups in total. The van der Waals surface area contributed by atoms with Crippen molar-refractivity contribution in [1.29, 1.82) is 0 Å². The molecule has 2 aromatic carbocycles. The van der Waals surface area contributed by atoms with Gasteiger partial charge in [-0.15, -0.1) is 0 Å². The lowest BCUT2D eigenvalue weighted by atomic mass is 9.98. The summed E-state index contributed by atoms with van der Waals surface area (Å²) in [5.74, 6) is 0.0419. The van der Waals surface area contributed by atoms with E-state index in [-0.39, 0.29) is 23.9 Å². The molecule has 2 aromatic rings. The number of carbonyl (C=O) groups excluding carboxylic acids is 2. The molecule has 1 aliphatic heterocycles. The zero-order valence-electron chi connectivity index (χ0n) is 17.2. The average molecular weight is 395 g/mol. The second-order valence-electron chi connectivity index (χ2n) is 7.42. The molecular weight excluding hydrogens is 364 g/mol. The number of hydrogen-bond donors (Lipinski definition) is 2.